The number of amides is 8. The van der Waals surface area contributed by atoms with E-state index in [2.05, 4.69) is 56.4 Å². The molecule has 1 fully saturated rings. The Hall–Kier alpha value is -6.29. The van der Waals surface area contributed by atoms with Gasteiger partial charge in [0, 0.05) is 50.0 Å². The van der Waals surface area contributed by atoms with Gasteiger partial charge in [-0.3, -0.25) is 52.7 Å². The second-order valence-corrected chi connectivity index (χ2v) is 25.4. The Morgan fingerprint density at radius 3 is 1.67 bits per heavy atom. The van der Waals surface area contributed by atoms with Gasteiger partial charge in [0.15, 0.2) is 11.6 Å². The van der Waals surface area contributed by atoms with E-state index in [0.29, 0.717) is 17.9 Å². The molecule has 0 radical (unpaired) electrons. The summed E-state index contributed by atoms with van der Waals surface area (Å²) < 4.78 is 0. The molecule has 26 heteroatoms. The van der Waals surface area contributed by atoms with Crippen molar-refractivity contribution in [2.45, 2.75) is 225 Å². The number of hydrogen-bond donors (Lipinski definition) is 15. The van der Waals surface area contributed by atoms with E-state index in [1.165, 1.54) is 13.8 Å². The Bertz CT molecular complexity index is 2450. The highest BCUT2D eigenvalue weighted by molar-refractivity contribution is 5.99. The van der Waals surface area contributed by atoms with Crippen LogP contribution in [0.1, 0.15) is 170 Å². The van der Waals surface area contributed by atoms with E-state index in [1.807, 2.05) is 58.9 Å². The number of nitrogens with one attached hydrogen (secondary N) is 8. The molecule has 0 unspecified atom stereocenters. The quantitative estimate of drug-likeness (QED) is 0.0410. The average molecular weight is 1260 g/mol. The van der Waals surface area contributed by atoms with Crippen molar-refractivity contribution >= 4 is 64.6 Å². The van der Waals surface area contributed by atoms with Gasteiger partial charge in [-0.2, -0.15) is 0 Å². The molecule has 0 saturated carbocycles. The fourth-order valence-corrected chi connectivity index (χ4v) is 10.5. The number of nitrogens with two attached hydrogens (primary N) is 5. The van der Waals surface area contributed by atoms with E-state index in [0.717, 1.165) is 24.8 Å². The largest absolute Gasteiger partial charge is 0.391 e. The number of unbranched alkanes of at least 4 members (excludes halogenated alkanes) is 1. The second-order valence-electron chi connectivity index (χ2n) is 25.4. The molecule has 1 aromatic rings. The minimum Gasteiger partial charge on any atom is -0.391 e. The van der Waals surface area contributed by atoms with Gasteiger partial charge < -0.3 is 81.4 Å². The van der Waals surface area contributed by atoms with E-state index in [-0.39, 0.29) is 108 Å². The first-order valence-electron chi connectivity index (χ1n) is 31.9. The summed E-state index contributed by atoms with van der Waals surface area (Å²) >= 11 is 0. The number of aliphatic hydroxyl groups excluding tert-OH is 2. The lowest BCUT2D eigenvalue weighted by Crippen LogP contribution is -2.60. The van der Waals surface area contributed by atoms with Crippen LogP contribution in [0.5, 0.6) is 0 Å². The number of carbonyl (C=O) groups is 11. The van der Waals surface area contributed by atoms with Crippen molar-refractivity contribution in [1.29, 1.82) is 0 Å². The number of ketones is 3. The fourth-order valence-electron chi connectivity index (χ4n) is 10.5. The minimum absolute atomic E-state index is 0.0104. The number of benzene rings is 1. The van der Waals surface area contributed by atoms with E-state index < -0.39 is 157 Å². The third kappa shape index (κ3) is 28.2. The number of hydrogen-bond acceptors (Lipinski definition) is 18. The Balaban J connectivity index is 2.74. The lowest BCUT2D eigenvalue weighted by molar-refractivity contribution is -0.137. The predicted molar refractivity (Wildman–Crippen MR) is 338 cm³/mol. The van der Waals surface area contributed by atoms with Gasteiger partial charge in [-0.15, -0.1) is 0 Å². The number of aliphatic hydroxyl groups is 2. The van der Waals surface area contributed by atoms with Crippen LogP contribution in [0.25, 0.3) is 0 Å². The molecular formula is C63H109N13O13. The second kappa shape index (κ2) is 40.5. The van der Waals surface area contributed by atoms with Crippen molar-refractivity contribution in [3.05, 3.63) is 35.4 Å². The maximum Gasteiger partial charge on any atom is 0.245 e. The van der Waals surface area contributed by atoms with Crippen LogP contribution >= 0.6 is 0 Å². The van der Waals surface area contributed by atoms with Gasteiger partial charge in [-0.1, -0.05) is 92.0 Å². The molecule has 13 atom stereocenters. The molecule has 0 bridgehead atoms. The average Bonchev–Trinajstić information content (AvgIpc) is 3.43. The molecule has 26 nitrogen and oxygen atoms in total. The molecule has 1 aliphatic heterocycles. The van der Waals surface area contributed by atoms with Gasteiger partial charge in [0.2, 0.25) is 47.3 Å². The van der Waals surface area contributed by atoms with E-state index in [1.54, 1.807) is 0 Å². The highest BCUT2D eigenvalue weighted by atomic mass is 16.3. The Morgan fingerprint density at radius 2 is 1.16 bits per heavy atom. The van der Waals surface area contributed by atoms with E-state index >= 15 is 0 Å². The monoisotopic (exact) mass is 1260 g/mol. The first-order chi connectivity index (χ1) is 41.9. The summed E-state index contributed by atoms with van der Waals surface area (Å²) in [5.74, 6) is -11.4. The summed E-state index contributed by atoms with van der Waals surface area (Å²) in [6, 6.07) is -2.73. The predicted octanol–water partition coefficient (Wildman–Crippen LogP) is -0.676. The highest BCUT2D eigenvalue weighted by Gasteiger charge is 2.38. The molecule has 0 aromatic heterocycles. The molecule has 504 valence electrons. The minimum atomic E-state index is -1.67. The number of carbonyl (C=O) groups excluding carboxylic acids is 11. The van der Waals surface area contributed by atoms with Crippen molar-refractivity contribution in [3.8, 4) is 0 Å². The van der Waals surface area contributed by atoms with Gasteiger partial charge in [-0.05, 0) is 133 Å². The Kier molecular flexibility index (Phi) is 35.8. The molecule has 1 saturated heterocycles. The van der Waals surface area contributed by atoms with E-state index in [4.69, 9.17) is 28.7 Å². The molecule has 2 rings (SSSR count). The Labute approximate surface area is 526 Å². The molecule has 1 aliphatic rings. The zero-order chi connectivity index (χ0) is 67.1. The fraction of sp³-hybridized carbons (Fsp3) is 0.730. The molecule has 1 heterocycles. The van der Waals surface area contributed by atoms with Gasteiger partial charge in [0.05, 0.1) is 18.2 Å². The highest BCUT2D eigenvalue weighted by Crippen LogP contribution is 2.25. The zero-order valence-electron chi connectivity index (χ0n) is 54.2. The summed E-state index contributed by atoms with van der Waals surface area (Å²) in [4.78, 5) is 156. The third-order valence-corrected chi connectivity index (χ3v) is 16.1. The topological polar surface area (TPSA) is 455 Å². The van der Waals surface area contributed by atoms with Gasteiger partial charge in [-0.25, -0.2) is 0 Å². The van der Waals surface area contributed by atoms with Crippen LogP contribution < -0.4 is 71.2 Å². The summed E-state index contributed by atoms with van der Waals surface area (Å²) in [7, 11) is 0. The normalized spacial score (nSPS) is 22.8. The summed E-state index contributed by atoms with van der Waals surface area (Å²) in [6.45, 7) is 15.6. The summed E-state index contributed by atoms with van der Waals surface area (Å²) in [6.07, 6.45) is -1.31. The lowest BCUT2D eigenvalue weighted by atomic mass is 9.85. The van der Waals surface area contributed by atoms with Gasteiger partial charge in [0.25, 0.3) is 0 Å². The number of rotatable bonds is 31. The van der Waals surface area contributed by atoms with Crippen molar-refractivity contribution in [1.82, 2.24) is 42.5 Å². The first-order valence-corrected chi connectivity index (χ1v) is 31.9. The maximum absolute atomic E-state index is 14.7. The van der Waals surface area contributed by atoms with Crippen LogP contribution in [-0.4, -0.2) is 169 Å². The van der Waals surface area contributed by atoms with Crippen molar-refractivity contribution < 1.29 is 63.0 Å². The Morgan fingerprint density at radius 1 is 0.629 bits per heavy atom. The molecule has 8 amide bonds. The molecule has 0 spiro atoms. The SMILES string of the molecule is CC[C@H](C)CCCCC(=O)C[C@@H](CCN)C(=O)N[C@H](C(=O)C[C@@H](CCN)C(=O)N[C@H]1CCNC(=O)[C@H]([C@@H](C)O)NC(=O)[C@H](CCN)NC(=O)[C@H](CCN)NC(=O)[C@H](CC(C)C)NC(=O)[C@@H](Cc2ccc(C(C)(C)C)cc2)CC(=O)[C@H](CCN)NC1=O)[C@@H](C)O. The van der Waals surface area contributed by atoms with Crippen molar-refractivity contribution in [2.24, 2.45) is 58.3 Å². The maximum atomic E-state index is 14.7. The smallest absolute Gasteiger partial charge is 0.245 e. The standard InChI is InChI=1S/C63H109N13O13/c1-10-37(4)13-11-12-14-45(79)33-41(19-25-64)56(83)75-53(38(5)77)52(81)34-42(20-26-65)55(82)71-49-24-30-69-62(89)54(39(6)78)76-60(87)48(23-29-68)72-58(85)47(22-28-67)73-61(88)50(31-36(2)3)74-57(84)43(35-51(80)46(21-27-66)70-59(49)86)32-40-15-17-44(18-16-40)63(7,8)9/h15-18,36-39,41-43,46-50,53-54,77-78H,10-14,19-35,64-68H2,1-9H3,(H,69,89)(H,70,86)(H,71,82)(H,72,85)(H,73,88)(H,74,84)(H,75,83)(H,76,87)/t37-,38+,39+,41+,42+,43-,46-,47-,48-,49-,50-,53-,54-/m0/s1. The lowest BCUT2D eigenvalue weighted by Gasteiger charge is -2.28. The first kappa shape index (κ1) is 78.8. The van der Waals surface area contributed by atoms with Crippen LogP contribution in [-0.2, 0) is 64.6 Å². The summed E-state index contributed by atoms with van der Waals surface area (Å²) in [5, 5.41) is 42.7. The molecule has 89 heavy (non-hydrogen) atoms. The molecule has 20 N–H and O–H groups in total. The van der Waals surface area contributed by atoms with Crippen LogP contribution in [0.15, 0.2) is 24.3 Å². The molecule has 1 aromatic carbocycles. The van der Waals surface area contributed by atoms with Crippen LogP contribution in [0.4, 0.5) is 0 Å². The van der Waals surface area contributed by atoms with Crippen LogP contribution in [0.2, 0.25) is 0 Å². The number of Topliss-reactive ketones (excluding diaryl/α,β-unsaturated/α-hetero) is 3. The van der Waals surface area contributed by atoms with Crippen LogP contribution in [0, 0.1) is 29.6 Å². The third-order valence-electron chi connectivity index (χ3n) is 16.1. The molecular weight excluding hydrogens is 1150 g/mol. The van der Waals surface area contributed by atoms with E-state index in [9.17, 15) is 63.0 Å². The van der Waals surface area contributed by atoms with Gasteiger partial charge >= 0.3 is 0 Å². The van der Waals surface area contributed by atoms with Crippen LogP contribution in [0.3, 0.4) is 0 Å². The molecule has 0 aliphatic carbocycles. The van der Waals surface area contributed by atoms with Crippen molar-refractivity contribution in [3.63, 3.8) is 0 Å². The summed E-state index contributed by atoms with van der Waals surface area (Å²) in [5.41, 5.74) is 31.1. The zero-order valence-corrected chi connectivity index (χ0v) is 54.2. The van der Waals surface area contributed by atoms with Crippen molar-refractivity contribution in [2.75, 3.05) is 39.3 Å². The van der Waals surface area contributed by atoms with Gasteiger partial charge in [0.1, 0.15) is 42.0 Å².